The van der Waals surface area contributed by atoms with Crippen LogP contribution in [0.5, 0.6) is 5.75 Å². The van der Waals surface area contributed by atoms with E-state index < -0.39 is 0 Å². The third-order valence-electron chi connectivity index (χ3n) is 6.18. The zero-order valence-corrected chi connectivity index (χ0v) is 18.1. The number of fused-ring (bicyclic) bond motifs is 1. The largest absolute Gasteiger partial charge is 0.497 e. The Kier molecular flexibility index (Phi) is 6.21. The van der Waals surface area contributed by atoms with E-state index in [-0.39, 0.29) is 5.63 Å². The maximum Gasteiger partial charge on any atom is 0.336 e. The zero-order valence-electron chi connectivity index (χ0n) is 18.1. The minimum absolute atomic E-state index is 0.265. The molecule has 0 spiro atoms. The van der Waals surface area contributed by atoms with Gasteiger partial charge in [0.15, 0.2) is 0 Å². The van der Waals surface area contributed by atoms with Gasteiger partial charge >= 0.3 is 5.63 Å². The summed E-state index contributed by atoms with van der Waals surface area (Å²) in [5.74, 6) is 0.903. The van der Waals surface area contributed by atoms with Gasteiger partial charge in [0.1, 0.15) is 11.3 Å². The SMILES string of the molecule is COc1ccc(CCN2CCN(Cc3cc(=O)oc4cc(C)c(C)cc34)CC2)cc1. The van der Waals surface area contributed by atoms with Gasteiger partial charge in [-0.25, -0.2) is 4.79 Å². The van der Waals surface area contributed by atoms with Crippen LogP contribution in [0.25, 0.3) is 11.0 Å². The number of nitrogens with zero attached hydrogens (tertiary/aromatic N) is 2. The van der Waals surface area contributed by atoms with Crippen molar-refractivity contribution in [3.8, 4) is 5.75 Å². The summed E-state index contributed by atoms with van der Waals surface area (Å²) in [6.07, 6.45) is 1.05. The first-order valence-corrected chi connectivity index (χ1v) is 10.6. The highest BCUT2D eigenvalue weighted by molar-refractivity contribution is 5.81. The van der Waals surface area contributed by atoms with Crippen molar-refractivity contribution in [1.82, 2.24) is 9.80 Å². The Hall–Kier alpha value is -2.63. The normalized spacial score (nSPS) is 15.6. The number of aryl methyl sites for hydroxylation is 2. The highest BCUT2D eigenvalue weighted by Gasteiger charge is 2.18. The molecule has 0 aliphatic carbocycles. The molecule has 0 atom stereocenters. The average Bonchev–Trinajstić information content (AvgIpc) is 2.75. The van der Waals surface area contributed by atoms with Crippen LogP contribution in [0.3, 0.4) is 0 Å². The van der Waals surface area contributed by atoms with E-state index in [4.69, 9.17) is 9.15 Å². The molecule has 0 amide bonds. The lowest BCUT2D eigenvalue weighted by Crippen LogP contribution is -2.46. The first-order chi connectivity index (χ1) is 14.5. The Bertz CT molecular complexity index is 1060. The molecule has 1 aromatic heterocycles. The Morgan fingerprint density at radius 2 is 1.60 bits per heavy atom. The highest BCUT2D eigenvalue weighted by atomic mass is 16.5. The van der Waals surface area contributed by atoms with Gasteiger partial charge in [0.25, 0.3) is 0 Å². The molecule has 0 N–H and O–H groups in total. The molecule has 0 saturated carbocycles. The number of hydrogen-bond donors (Lipinski definition) is 0. The minimum Gasteiger partial charge on any atom is -0.497 e. The predicted molar refractivity (Wildman–Crippen MR) is 120 cm³/mol. The van der Waals surface area contributed by atoms with Gasteiger partial charge in [0.2, 0.25) is 0 Å². The quantitative estimate of drug-likeness (QED) is 0.583. The number of benzene rings is 2. The molecule has 0 bridgehead atoms. The smallest absolute Gasteiger partial charge is 0.336 e. The molecule has 2 aromatic carbocycles. The second-order valence-corrected chi connectivity index (χ2v) is 8.24. The van der Waals surface area contributed by atoms with E-state index in [1.165, 1.54) is 11.1 Å². The van der Waals surface area contributed by atoms with E-state index in [0.29, 0.717) is 5.58 Å². The molecule has 1 aliphatic heterocycles. The second-order valence-electron chi connectivity index (χ2n) is 8.24. The molecule has 1 fully saturated rings. The van der Waals surface area contributed by atoms with Crippen LogP contribution in [0.1, 0.15) is 22.3 Å². The van der Waals surface area contributed by atoms with Crippen molar-refractivity contribution in [2.45, 2.75) is 26.8 Å². The van der Waals surface area contributed by atoms with Gasteiger partial charge in [-0.3, -0.25) is 4.90 Å². The number of hydrogen-bond acceptors (Lipinski definition) is 5. The van der Waals surface area contributed by atoms with Crippen molar-refractivity contribution in [3.63, 3.8) is 0 Å². The van der Waals surface area contributed by atoms with Crippen LogP contribution in [-0.2, 0) is 13.0 Å². The van der Waals surface area contributed by atoms with Crippen molar-refractivity contribution in [1.29, 1.82) is 0 Å². The van der Waals surface area contributed by atoms with E-state index in [1.807, 2.05) is 25.1 Å². The van der Waals surface area contributed by atoms with Gasteiger partial charge in [-0.1, -0.05) is 12.1 Å². The number of rotatable bonds is 6. The van der Waals surface area contributed by atoms with Gasteiger partial charge in [0.05, 0.1) is 7.11 Å². The van der Waals surface area contributed by atoms with Gasteiger partial charge in [-0.05, 0) is 66.8 Å². The first-order valence-electron chi connectivity index (χ1n) is 10.6. The topological polar surface area (TPSA) is 45.9 Å². The fourth-order valence-corrected chi connectivity index (χ4v) is 4.11. The van der Waals surface area contributed by atoms with Crippen molar-refractivity contribution >= 4 is 11.0 Å². The fraction of sp³-hybridized carbons (Fsp3) is 0.400. The Balaban J connectivity index is 1.35. The van der Waals surface area contributed by atoms with Crippen molar-refractivity contribution in [3.05, 3.63) is 75.1 Å². The summed E-state index contributed by atoms with van der Waals surface area (Å²) < 4.78 is 10.7. The monoisotopic (exact) mass is 406 g/mol. The third-order valence-corrected chi connectivity index (χ3v) is 6.18. The van der Waals surface area contributed by atoms with Crippen LogP contribution >= 0.6 is 0 Å². The second kappa shape index (κ2) is 9.02. The van der Waals surface area contributed by atoms with Crippen LogP contribution in [0.4, 0.5) is 0 Å². The van der Waals surface area contributed by atoms with Gasteiger partial charge in [-0.2, -0.15) is 0 Å². The zero-order chi connectivity index (χ0) is 21.1. The summed E-state index contributed by atoms with van der Waals surface area (Å²) >= 11 is 0. The molecule has 3 aromatic rings. The molecule has 4 rings (SSSR count). The molecule has 158 valence electrons. The van der Waals surface area contributed by atoms with Gasteiger partial charge < -0.3 is 14.1 Å². The van der Waals surface area contributed by atoms with E-state index in [0.717, 1.165) is 68.0 Å². The van der Waals surface area contributed by atoms with Gasteiger partial charge in [0, 0.05) is 50.7 Å². The van der Waals surface area contributed by atoms with Crippen LogP contribution in [-0.4, -0.2) is 49.6 Å². The molecule has 5 heteroatoms. The van der Waals surface area contributed by atoms with Crippen LogP contribution in [0.2, 0.25) is 0 Å². The summed E-state index contributed by atoms with van der Waals surface area (Å²) in [6, 6.07) is 14.1. The lowest BCUT2D eigenvalue weighted by molar-refractivity contribution is 0.128. The molecule has 1 saturated heterocycles. The molecule has 0 unspecified atom stereocenters. The number of ether oxygens (including phenoxy) is 1. The fourth-order valence-electron chi connectivity index (χ4n) is 4.11. The van der Waals surface area contributed by atoms with Crippen LogP contribution in [0, 0.1) is 13.8 Å². The van der Waals surface area contributed by atoms with Crippen molar-refractivity contribution in [2.24, 2.45) is 0 Å². The first kappa shape index (κ1) is 20.6. The predicted octanol–water partition coefficient (Wildman–Crippen LogP) is 3.78. The van der Waals surface area contributed by atoms with Crippen molar-refractivity contribution < 1.29 is 9.15 Å². The summed E-state index contributed by atoms with van der Waals surface area (Å²) in [7, 11) is 1.70. The molecule has 0 radical (unpaired) electrons. The van der Waals surface area contributed by atoms with Crippen LogP contribution in [0.15, 0.2) is 51.7 Å². The van der Waals surface area contributed by atoms with E-state index in [9.17, 15) is 4.79 Å². The number of methoxy groups -OCH3 is 1. The lowest BCUT2D eigenvalue weighted by Gasteiger charge is -2.34. The molecular weight excluding hydrogens is 376 g/mol. The van der Waals surface area contributed by atoms with Crippen molar-refractivity contribution in [2.75, 3.05) is 39.8 Å². The van der Waals surface area contributed by atoms with E-state index in [2.05, 4.69) is 34.9 Å². The average molecular weight is 407 g/mol. The molecule has 2 heterocycles. The standard InChI is InChI=1S/C25H30N2O3/c1-18-14-23-21(16-25(28)30-24(23)15-19(18)2)17-27-12-10-26(11-13-27)9-8-20-4-6-22(29-3)7-5-20/h4-7,14-16H,8-13,17H2,1-3H3. The highest BCUT2D eigenvalue weighted by Crippen LogP contribution is 2.23. The molecule has 1 aliphatic rings. The summed E-state index contributed by atoms with van der Waals surface area (Å²) in [5.41, 5.74) is 5.20. The summed E-state index contributed by atoms with van der Waals surface area (Å²) in [4.78, 5) is 17.0. The minimum atomic E-state index is -0.265. The maximum atomic E-state index is 12.1. The third kappa shape index (κ3) is 4.74. The Morgan fingerprint density at radius 3 is 2.30 bits per heavy atom. The summed E-state index contributed by atoms with van der Waals surface area (Å²) in [6.45, 7) is 10.1. The van der Waals surface area contributed by atoms with Gasteiger partial charge in [-0.15, -0.1) is 0 Å². The van der Waals surface area contributed by atoms with E-state index >= 15 is 0 Å². The van der Waals surface area contributed by atoms with E-state index in [1.54, 1.807) is 13.2 Å². The van der Waals surface area contributed by atoms with Crippen LogP contribution < -0.4 is 10.4 Å². The Labute approximate surface area is 177 Å². The molecule has 5 nitrogen and oxygen atoms in total. The lowest BCUT2D eigenvalue weighted by atomic mass is 10.0. The summed E-state index contributed by atoms with van der Waals surface area (Å²) in [5, 5.41) is 1.06. The number of piperazine rings is 1. The Morgan fingerprint density at radius 1 is 0.933 bits per heavy atom. The molecule has 30 heavy (non-hydrogen) atoms. The molecular formula is C25H30N2O3. The maximum absolute atomic E-state index is 12.1.